The van der Waals surface area contributed by atoms with Gasteiger partial charge in [-0.05, 0) is 24.1 Å². The lowest BCUT2D eigenvalue weighted by Gasteiger charge is -2.20. The fraction of sp³-hybridized carbons (Fsp3) is 0.550. The number of hydrogen-bond acceptors (Lipinski definition) is 3. The molecule has 1 aromatic rings. The van der Waals surface area contributed by atoms with Gasteiger partial charge in [0.05, 0.1) is 18.8 Å². The molecular weight excluding hydrogens is 335 g/mol. The molecule has 0 spiro atoms. The molecule has 0 saturated heterocycles. The van der Waals surface area contributed by atoms with E-state index in [1.54, 1.807) is 18.2 Å². The van der Waals surface area contributed by atoms with Crippen molar-refractivity contribution in [1.82, 2.24) is 10.6 Å². The first-order chi connectivity index (χ1) is 12.6. The molecule has 4 N–H and O–H groups in total. The second-order valence-corrected chi connectivity index (χ2v) is 6.36. The van der Waals surface area contributed by atoms with Gasteiger partial charge in [0, 0.05) is 6.54 Å². The van der Waals surface area contributed by atoms with Crippen LogP contribution < -0.4 is 10.6 Å². The zero-order valence-corrected chi connectivity index (χ0v) is 15.5. The molecule has 2 amide bonds. The Balaban J connectivity index is 2.30. The second-order valence-electron chi connectivity index (χ2n) is 6.36. The summed E-state index contributed by atoms with van der Waals surface area (Å²) in [4.78, 5) is 11.9. The predicted octanol–water partition coefficient (Wildman–Crippen LogP) is 3.22. The van der Waals surface area contributed by atoms with E-state index in [0.29, 0.717) is 6.54 Å². The van der Waals surface area contributed by atoms with E-state index in [2.05, 4.69) is 17.6 Å². The van der Waals surface area contributed by atoms with Crippen LogP contribution in [0.3, 0.4) is 0 Å². The highest BCUT2D eigenvalue weighted by atomic mass is 19.1. The number of rotatable bonds is 12. The topological polar surface area (TPSA) is 81.6 Å². The standard InChI is InChI=1S/C20H31FN2O3/c1-2-3-4-5-6-7-14-22-20(26)23-18(15-24)19(25)13-10-16-8-11-17(21)12-9-16/h8-13,18-19,24-25H,2-7,14-15H2,1H3,(H2,22,23,26). The molecule has 0 saturated carbocycles. The highest BCUT2D eigenvalue weighted by molar-refractivity contribution is 5.74. The highest BCUT2D eigenvalue weighted by Gasteiger charge is 2.18. The van der Waals surface area contributed by atoms with E-state index < -0.39 is 18.2 Å². The zero-order chi connectivity index (χ0) is 19.2. The van der Waals surface area contributed by atoms with E-state index in [-0.39, 0.29) is 12.4 Å². The summed E-state index contributed by atoms with van der Waals surface area (Å²) >= 11 is 0. The van der Waals surface area contributed by atoms with E-state index in [1.165, 1.54) is 43.9 Å². The van der Waals surface area contributed by atoms with Gasteiger partial charge in [-0.25, -0.2) is 9.18 Å². The van der Waals surface area contributed by atoms with Gasteiger partial charge < -0.3 is 20.8 Å². The van der Waals surface area contributed by atoms with Crippen molar-refractivity contribution in [1.29, 1.82) is 0 Å². The van der Waals surface area contributed by atoms with Crippen LogP contribution in [-0.2, 0) is 0 Å². The lowest BCUT2D eigenvalue weighted by Crippen LogP contribution is -2.49. The Labute approximate surface area is 155 Å². The largest absolute Gasteiger partial charge is 0.394 e. The number of urea groups is 1. The summed E-state index contributed by atoms with van der Waals surface area (Å²) in [5.41, 5.74) is 0.717. The third-order valence-electron chi connectivity index (χ3n) is 4.10. The van der Waals surface area contributed by atoms with Gasteiger partial charge in [0.15, 0.2) is 0 Å². The van der Waals surface area contributed by atoms with Crippen molar-refractivity contribution >= 4 is 12.1 Å². The van der Waals surface area contributed by atoms with Crippen LogP contribution in [0.2, 0.25) is 0 Å². The Kier molecular flexibility index (Phi) is 11.3. The SMILES string of the molecule is CCCCCCCCNC(=O)NC(CO)C(O)C=Cc1ccc(F)cc1. The van der Waals surface area contributed by atoms with Crippen molar-refractivity contribution in [3.05, 3.63) is 41.7 Å². The van der Waals surface area contributed by atoms with Crippen molar-refractivity contribution in [2.45, 2.75) is 57.6 Å². The number of amides is 2. The first kappa shape index (κ1) is 22.1. The van der Waals surface area contributed by atoms with Gasteiger partial charge in [-0.1, -0.05) is 63.3 Å². The van der Waals surface area contributed by atoms with Crippen molar-refractivity contribution < 1.29 is 19.4 Å². The smallest absolute Gasteiger partial charge is 0.315 e. The molecule has 0 bridgehead atoms. The zero-order valence-electron chi connectivity index (χ0n) is 15.5. The highest BCUT2D eigenvalue weighted by Crippen LogP contribution is 2.07. The summed E-state index contributed by atoms with van der Waals surface area (Å²) in [6, 6.07) is 4.58. The summed E-state index contributed by atoms with van der Waals surface area (Å²) in [6.45, 7) is 2.35. The fourth-order valence-corrected chi connectivity index (χ4v) is 2.48. The summed E-state index contributed by atoms with van der Waals surface area (Å²) in [5, 5.41) is 24.8. The lowest BCUT2D eigenvalue weighted by molar-refractivity contribution is 0.126. The maximum atomic E-state index is 12.9. The number of nitrogens with one attached hydrogen (secondary N) is 2. The molecule has 1 aromatic carbocycles. The maximum Gasteiger partial charge on any atom is 0.315 e. The molecule has 0 aliphatic carbocycles. The number of carbonyl (C=O) groups excluding carboxylic acids is 1. The van der Waals surface area contributed by atoms with Gasteiger partial charge in [-0.15, -0.1) is 0 Å². The third kappa shape index (κ3) is 9.53. The van der Waals surface area contributed by atoms with Crippen molar-refractivity contribution in [2.75, 3.05) is 13.2 Å². The molecular formula is C20H31FN2O3. The van der Waals surface area contributed by atoms with Crippen LogP contribution in [0.4, 0.5) is 9.18 Å². The summed E-state index contributed by atoms with van der Waals surface area (Å²) in [6.07, 6.45) is 8.86. The van der Waals surface area contributed by atoms with Crippen LogP contribution in [0.25, 0.3) is 6.08 Å². The normalized spacial score (nSPS) is 13.5. The second kappa shape index (κ2) is 13.3. The molecule has 0 fully saturated rings. The predicted molar refractivity (Wildman–Crippen MR) is 102 cm³/mol. The Morgan fingerprint density at radius 2 is 1.81 bits per heavy atom. The first-order valence-corrected chi connectivity index (χ1v) is 9.34. The van der Waals surface area contributed by atoms with Gasteiger partial charge in [0.2, 0.25) is 0 Å². The van der Waals surface area contributed by atoms with E-state index in [9.17, 15) is 19.4 Å². The van der Waals surface area contributed by atoms with E-state index in [4.69, 9.17) is 0 Å². The minimum Gasteiger partial charge on any atom is -0.394 e. The molecule has 5 nitrogen and oxygen atoms in total. The minimum absolute atomic E-state index is 0.334. The van der Waals surface area contributed by atoms with Gasteiger partial charge in [-0.2, -0.15) is 0 Å². The number of hydrogen-bond donors (Lipinski definition) is 4. The van der Waals surface area contributed by atoms with Crippen LogP contribution in [0, 0.1) is 5.82 Å². The molecule has 0 heterocycles. The molecule has 0 aliphatic rings. The Bertz CT molecular complexity index is 534. The van der Waals surface area contributed by atoms with Crippen LogP contribution in [0.1, 0.15) is 51.0 Å². The van der Waals surface area contributed by atoms with Crippen molar-refractivity contribution in [3.8, 4) is 0 Å². The van der Waals surface area contributed by atoms with Crippen LogP contribution >= 0.6 is 0 Å². The summed E-state index contributed by atoms with van der Waals surface area (Å²) in [7, 11) is 0. The summed E-state index contributed by atoms with van der Waals surface area (Å²) < 4.78 is 12.9. The number of benzene rings is 1. The van der Waals surface area contributed by atoms with E-state index in [0.717, 1.165) is 18.4 Å². The maximum absolute atomic E-state index is 12.9. The average molecular weight is 366 g/mol. The molecule has 146 valence electrons. The fourth-order valence-electron chi connectivity index (χ4n) is 2.48. The Morgan fingerprint density at radius 1 is 1.15 bits per heavy atom. The van der Waals surface area contributed by atoms with Crippen LogP contribution in [0.5, 0.6) is 0 Å². The quantitative estimate of drug-likeness (QED) is 0.429. The minimum atomic E-state index is -1.05. The van der Waals surface area contributed by atoms with Gasteiger partial charge in [0.25, 0.3) is 0 Å². The molecule has 0 aliphatic heterocycles. The number of aliphatic hydroxyl groups is 2. The van der Waals surface area contributed by atoms with Gasteiger partial charge >= 0.3 is 6.03 Å². The molecule has 26 heavy (non-hydrogen) atoms. The number of halogens is 1. The Morgan fingerprint density at radius 3 is 2.46 bits per heavy atom. The average Bonchev–Trinajstić information content (AvgIpc) is 2.64. The first-order valence-electron chi connectivity index (χ1n) is 9.34. The van der Waals surface area contributed by atoms with Crippen LogP contribution in [-0.4, -0.2) is 41.5 Å². The number of unbranched alkanes of at least 4 members (excludes halogenated alkanes) is 5. The van der Waals surface area contributed by atoms with Gasteiger partial charge in [-0.3, -0.25) is 0 Å². The summed E-state index contributed by atoms with van der Waals surface area (Å²) in [5.74, 6) is -0.334. The van der Waals surface area contributed by atoms with Crippen LogP contribution in [0.15, 0.2) is 30.3 Å². The van der Waals surface area contributed by atoms with Gasteiger partial charge in [0.1, 0.15) is 5.82 Å². The number of aliphatic hydroxyl groups excluding tert-OH is 2. The number of carbonyl (C=O) groups is 1. The van der Waals surface area contributed by atoms with E-state index in [1.807, 2.05) is 0 Å². The molecule has 2 atom stereocenters. The molecule has 2 unspecified atom stereocenters. The Hall–Kier alpha value is -1.92. The van der Waals surface area contributed by atoms with Crippen molar-refractivity contribution in [2.24, 2.45) is 0 Å². The van der Waals surface area contributed by atoms with E-state index >= 15 is 0 Å². The lowest BCUT2D eigenvalue weighted by atomic mass is 10.1. The molecule has 1 rings (SSSR count). The molecule has 0 radical (unpaired) electrons. The third-order valence-corrected chi connectivity index (χ3v) is 4.10. The molecule has 0 aromatic heterocycles. The van der Waals surface area contributed by atoms with Crippen molar-refractivity contribution in [3.63, 3.8) is 0 Å². The monoisotopic (exact) mass is 366 g/mol. The molecule has 6 heteroatoms.